The van der Waals surface area contributed by atoms with Crippen LogP contribution in [0, 0.1) is 5.92 Å². The van der Waals surface area contributed by atoms with Crippen LogP contribution in [0.25, 0.3) is 0 Å². The Bertz CT molecular complexity index is 199. The topological polar surface area (TPSA) is 20.3 Å². The molecule has 1 atom stereocenters. The summed E-state index contributed by atoms with van der Waals surface area (Å²) in [7, 11) is 3.66. The van der Waals surface area contributed by atoms with Crippen LogP contribution in [-0.4, -0.2) is 24.9 Å². The van der Waals surface area contributed by atoms with E-state index in [0.29, 0.717) is 0 Å². The Kier molecular flexibility index (Phi) is 8.97. The molecular weight excluding hydrogens is 198 g/mol. The van der Waals surface area contributed by atoms with Crippen molar-refractivity contribution in [3.05, 3.63) is 12.7 Å². The Morgan fingerprint density at radius 3 is 2.38 bits per heavy atom. The van der Waals surface area contributed by atoms with Crippen molar-refractivity contribution in [2.24, 2.45) is 5.92 Å². The molecule has 0 saturated heterocycles. The van der Waals surface area contributed by atoms with Gasteiger partial charge in [-0.3, -0.25) is 4.79 Å². The van der Waals surface area contributed by atoms with Crippen molar-refractivity contribution in [1.82, 2.24) is 4.90 Å². The minimum Gasteiger partial charge on any atom is -0.349 e. The lowest BCUT2D eigenvalue weighted by atomic mass is 9.96. The second-order valence-corrected chi connectivity index (χ2v) is 4.66. The second kappa shape index (κ2) is 9.44. The third-order valence-corrected chi connectivity index (χ3v) is 2.90. The molecule has 0 spiro atoms. The van der Waals surface area contributed by atoms with Crippen LogP contribution in [0.4, 0.5) is 0 Å². The van der Waals surface area contributed by atoms with Crippen LogP contribution in [0.15, 0.2) is 12.7 Å². The summed E-state index contributed by atoms with van der Waals surface area (Å²) in [4.78, 5) is 13.5. The van der Waals surface area contributed by atoms with E-state index in [1.54, 1.807) is 4.90 Å². The molecule has 0 bridgehead atoms. The lowest BCUT2D eigenvalue weighted by Gasteiger charge is -2.19. The van der Waals surface area contributed by atoms with Crippen LogP contribution in [0.5, 0.6) is 0 Å². The van der Waals surface area contributed by atoms with Gasteiger partial charge >= 0.3 is 0 Å². The van der Waals surface area contributed by atoms with Crippen LogP contribution in [0.3, 0.4) is 0 Å². The van der Waals surface area contributed by atoms with Gasteiger partial charge in [0.05, 0.1) is 0 Å². The molecule has 0 unspecified atom stereocenters. The summed E-state index contributed by atoms with van der Waals surface area (Å²) in [6.07, 6.45) is 9.98. The molecular formula is C14H27NO. The van der Waals surface area contributed by atoms with Crippen LogP contribution >= 0.6 is 0 Å². The lowest BCUT2D eigenvalue weighted by Crippen LogP contribution is -2.29. The number of allylic oxidation sites excluding steroid dienone is 1. The first-order chi connectivity index (χ1) is 7.63. The molecule has 0 aromatic carbocycles. The van der Waals surface area contributed by atoms with E-state index < -0.39 is 0 Å². The molecule has 0 aliphatic heterocycles. The molecule has 0 fully saturated rings. The van der Waals surface area contributed by atoms with Gasteiger partial charge < -0.3 is 4.90 Å². The van der Waals surface area contributed by atoms with E-state index in [9.17, 15) is 4.79 Å². The summed E-state index contributed by atoms with van der Waals surface area (Å²) in [6, 6.07) is 0. The largest absolute Gasteiger partial charge is 0.349 e. The standard InChI is InChI=1S/C14H27NO/c1-5-7-8-9-10-12-13(11-6-2)14(16)15(3)4/h6,13H,2,5,7-12H2,1,3-4H3/t13-/m0/s1. The molecule has 0 aliphatic rings. The van der Waals surface area contributed by atoms with E-state index in [4.69, 9.17) is 0 Å². The van der Waals surface area contributed by atoms with Gasteiger partial charge in [-0.2, -0.15) is 0 Å². The van der Waals surface area contributed by atoms with E-state index in [2.05, 4.69) is 13.5 Å². The Morgan fingerprint density at radius 1 is 1.25 bits per heavy atom. The normalized spacial score (nSPS) is 12.2. The Morgan fingerprint density at radius 2 is 1.88 bits per heavy atom. The van der Waals surface area contributed by atoms with E-state index in [1.165, 1.54) is 25.7 Å². The number of amides is 1. The zero-order valence-corrected chi connectivity index (χ0v) is 11.2. The highest BCUT2D eigenvalue weighted by atomic mass is 16.2. The average Bonchev–Trinajstić information content (AvgIpc) is 2.26. The lowest BCUT2D eigenvalue weighted by molar-refractivity contribution is -0.133. The predicted octanol–water partition coefficient (Wildman–Crippen LogP) is 3.63. The van der Waals surface area contributed by atoms with E-state index >= 15 is 0 Å². The predicted molar refractivity (Wildman–Crippen MR) is 70.4 cm³/mol. The molecule has 2 heteroatoms. The van der Waals surface area contributed by atoms with Crippen molar-refractivity contribution in [3.63, 3.8) is 0 Å². The summed E-state index contributed by atoms with van der Waals surface area (Å²) in [5.41, 5.74) is 0. The van der Waals surface area contributed by atoms with Gasteiger partial charge in [-0.05, 0) is 12.8 Å². The van der Waals surface area contributed by atoms with Gasteiger partial charge in [0.15, 0.2) is 0 Å². The van der Waals surface area contributed by atoms with Crippen molar-refractivity contribution < 1.29 is 4.79 Å². The fraction of sp³-hybridized carbons (Fsp3) is 0.786. The van der Waals surface area contributed by atoms with Gasteiger partial charge in [-0.25, -0.2) is 0 Å². The van der Waals surface area contributed by atoms with Crippen LogP contribution in [0.2, 0.25) is 0 Å². The first-order valence-electron chi connectivity index (χ1n) is 6.45. The fourth-order valence-electron chi connectivity index (χ4n) is 1.90. The Balaban J connectivity index is 3.85. The zero-order chi connectivity index (χ0) is 12.4. The number of nitrogens with zero attached hydrogens (tertiary/aromatic N) is 1. The molecule has 94 valence electrons. The molecule has 0 radical (unpaired) electrons. The molecule has 1 amide bonds. The van der Waals surface area contributed by atoms with Crippen molar-refractivity contribution in [3.8, 4) is 0 Å². The first-order valence-corrected chi connectivity index (χ1v) is 6.45. The van der Waals surface area contributed by atoms with Crippen molar-refractivity contribution >= 4 is 5.91 Å². The first kappa shape index (κ1) is 15.2. The monoisotopic (exact) mass is 225 g/mol. The zero-order valence-electron chi connectivity index (χ0n) is 11.2. The highest BCUT2D eigenvalue weighted by molar-refractivity contribution is 5.78. The summed E-state index contributed by atoms with van der Waals surface area (Å²) in [6.45, 7) is 5.95. The molecule has 0 heterocycles. The van der Waals surface area contributed by atoms with Gasteiger partial charge in [-0.1, -0.05) is 45.1 Å². The summed E-state index contributed by atoms with van der Waals surface area (Å²) in [5.74, 6) is 0.393. The Hall–Kier alpha value is -0.790. The van der Waals surface area contributed by atoms with Crippen LogP contribution < -0.4 is 0 Å². The number of hydrogen-bond acceptors (Lipinski definition) is 1. The molecule has 16 heavy (non-hydrogen) atoms. The van der Waals surface area contributed by atoms with Gasteiger partial charge in [0.25, 0.3) is 0 Å². The highest BCUT2D eigenvalue weighted by Crippen LogP contribution is 2.17. The number of carbonyl (C=O) groups excluding carboxylic acids is 1. The number of unbranched alkanes of at least 4 members (excludes halogenated alkanes) is 4. The second-order valence-electron chi connectivity index (χ2n) is 4.66. The van der Waals surface area contributed by atoms with Gasteiger partial charge in [0.1, 0.15) is 0 Å². The van der Waals surface area contributed by atoms with Crippen molar-refractivity contribution in [1.29, 1.82) is 0 Å². The van der Waals surface area contributed by atoms with Crippen molar-refractivity contribution in [2.75, 3.05) is 14.1 Å². The molecule has 0 aliphatic carbocycles. The summed E-state index contributed by atoms with van der Waals surface area (Å²) in [5, 5.41) is 0. The van der Waals surface area contributed by atoms with Crippen molar-refractivity contribution in [2.45, 2.75) is 51.9 Å². The number of rotatable bonds is 9. The van der Waals surface area contributed by atoms with Crippen LogP contribution in [-0.2, 0) is 4.79 Å². The molecule has 2 nitrogen and oxygen atoms in total. The SMILES string of the molecule is C=CC[C@@H](CCCCCCC)C(=O)N(C)C. The molecule has 0 aromatic rings. The number of hydrogen-bond donors (Lipinski definition) is 0. The highest BCUT2D eigenvalue weighted by Gasteiger charge is 2.17. The summed E-state index contributed by atoms with van der Waals surface area (Å²) >= 11 is 0. The third-order valence-electron chi connectivity index (χ3n) is 2.90. The quantitative estimate of drug-likeness (QED) is 0.433. The van der Waals surface area contributed by atoms with E-state index in [-0.39, 0.29) is 11.8 Å². The van der Waals surface area contributed by atoms with Crippen LogP contribution in [0.1, 0.15) is 51.9 Å². The van der Waals surface area contributed by atoms with E-state index in [1.807, 2.05) is 20.2 Å². The number of carbonyl (C=O) groups is 1. The van der Waals surface area contributed by atoms with Gasteiger partial charge in [-0.15, -0.1) is 6.58 Å². The van der Waals surface area contributed by atoms with Gasteiger partial charge in [0.2, 0.25) is 5.91 Å². The molecule has 0 aromatic heterocycles. The average molecular weight is 225 g/mol. The maximum Gasteiger partial charge on any atom is 0.225 e. The minimum absolute atomic E-state index is 0.147. The maximum atomic E-state index is 11.8. The molecule has 0 rings (SSSR count). The molecule has 0 saturated carbocycles. The minimum atomic E-state index is 0.147. The Labute approximate surface area is 101 Å². The smallest absolute Gasteiger partial charge is 0.225 e. The van der Waals surface area contributed by atoms with E-state index in [0.717, 1.165) is 19.3 Å². The van der Waals surface area contributed by atoms with Gasteiger partial charge in [0, 0.05) is 20.0 Å². The fourth-order valence-corrected chi connectivity index (χ4v) is 1.90. The summed E-state index contributed by atoms with van der Waals surface area (Å²) < 4.78 is 0. The molecule has 0 N–H and O–H groups in total. The third kappa shape index (κ3) is 6.65. The maximum absolute atomic E-state index is 11.8.